The standard InChI is InChI=1S/C19H17FN4O/c20-19-15(6-3-7-22-19)18(25)17-14-5-2-1-4-13(14)12-16(23-17)24-10-8-21-9-11-24/h1-7,12,21H,8-11H2. The van der Waals surface area contributed by atoms with Crippen molar-refractivity contribution in [1.29, 1.82) is 0 Å². The van der Waals surface area contributed by atoms with Gasteiger partial charge in [-0.3, -0.25) is 4.79 Å². The molecule has 0 unspecified atom stereocenters. The third-order valence-electron chi connectivity index (χ3n) is 4.39. The molecule has 25 heavy (non-hydrogen) atoms. The van der Waals surface area contributed by atoms with Crippen LogP contribution in [0.15, 0.2) is 48.7 Å². The molecule has 1 N–H and O–H groups in total. The number of carbonyl (C=O) groups excluding carboxylic acids is 1. The Kier molecular flexibility index (Phi) is 4.11. The number of hydrogen-bond acceptors (Lipinski definition) is 5. The van der Waals surface area contributed by atoms with Gasteiger partial charge in [-0.1, -0.05) is 24.3 Å². The smallest absolute Gasteiger partial charge is 0.224 e. The first-order valence-electron chi connectivity index (χ1n) is 8.25. The molecule has 4 rings (SSSR count). The minimum absolute atomic E-state index is 0.0578. The number of fused-ring (bicyclic) bond motifs is 1. The number of hydrogen-bond donors (Lipinski definition) is 1. The van der Waals surface area contributed by atoms with Gasteiger partial charge in [-0.05, 0) is 23.6 Å². The lowest BCUT2D eigenvalue weighted by molar-refractivity contribution is 0.103. The summed E-state index contributed by atoms with van der Waals surface area (Å²) in [5.74, 6) is -0.474. The zero-order valence-corrected chi connectivity index (χ0v) is 13.6. The van der Waals surface area contributed by atoms with Gasteiger partial charge in [0.1, 0.15) is 11.5 Å². The highest BCUT2D eigenvalue weighted by Gasteiger charge is 2.21. The third kappa shape index (κ3) is 2.96. The second-order valence-corrected chi connectivity index (χ2v) is 5.96. The monoisotopic (exact) mass is 336 g/mol. The molecule has 6 heteroatoms. The first-order chi connectivity index (χ1) is 12.2. The summed E-state index contributed by atoms with van der Waals surface area (Å²) >= 11 is 0. The summed E-state index contributed by atoms with van der Waals surface area (Å²) in [6, 6.07) is 12.5. The molecule has 0 bridgehead atoms. The van der Waals surface area contributed by atoms with Crippen molar-refractivity contribution in [2.45, 2.75) is 0 Å². The summed E-state index contributed by atoms with van der Waals surface area (Å²) in [4.78, 5) is 23.3. The maximum atomic E-state index is 14.0. The van der Waals surface area contributed by atoms with E-state index in [9.17, 15) is 9.18 Å². The second kappa shape index (κ2) is 6.57. The van der Waals surface area contributed by atoms with E-state index < -0.39 is 11.7 Å². The fourth-order valence-corrected chi connectivity index (χ4v) is 3.10. The van der Waals surface area contributed by atoms with E-state index in [-0.39, 0.29) is 11.3 Å². The molecule has 0 spiro atoms. The van der Waals surface area contributed by atoms with E-state index in [2.05, 4.69) is 20.2 Å². The highest BCUT2D eigenvalue weighted by Crippen LogP contribution is 2.25. The number of piperazine rings is 1. The van der Waals surface area contributed by atoms with Gasteiger partial charge in [0.25, 0.3) is 0 Å². The van der Waals surface area contributed by atoms with Crippen LogP contribution in [0.5, 0.6) is 0 Å². The minimum atomic E-state index is -0.772. The minimum Gasteiger partial charge on any atom is -0.354 e. The van der Waals surface area contributed by atoms with Crippen LogP contribution in [-0.4, -0.2) is 41.9 Å². The van der Waals surface area contributed by atoms with Crippen molar-refractivity contribution in [2.24, 2.45) is 0 Å². The zero-order chi connectivity index (χ0) is 17.2. The van der Waals surface area contributed by atoms with Crippen LogP contribution >= 0.6 is 0 Å². The Morgan fingerprint density at radius 1 is 1.12 bits per heavy atom. The predicted octanol–water partition coefficient (Wildman–Crippen LogP) is 2.41. The fourth-order valence-electron chi connectivity index (χ4n) is 3.10. The van der Waals surface area contributed by atoms with Crippen LogP contribution in [0, 0.1) is 5.95 Å². The molecular formula is C19H17FN4O. The first-order valence-corrected chi connectivity index (χ1v) is 8.25. The molecule has 0 saturated carbocycles. The van der Waals surface area contributed by atoms with Crippen LogP contribution in [0.4, 0.5) is 10.2 Å². The second-order valence-electron chi connectivity index (χ2n) is 5.96. The van der Waals surface area contributed by atoms with Crippen LogP contribution in [0.25, 0.3) is 10.8 Å². The van der Waals surface area contributed by atoms with Crippen molar-refractivity contribution in [2.75, 3.05) is 31.1 Å². The average Bonchev–Trinajstić information content (AvgIpc) is 2.67. The predicted molar refractivity (Wildman–Crippen MR) is 94.5 cm³/mol. The van der Waals surface area contributed by atoms with Crippen LogP contribution in [0.2, 0.25) is 0 Å². The summed E-state index contributed by atoms with van der Waals surface area (Å²) in [5.41, 5.74) is 0.205. The highest BCUT2D eigenvalue weighted by atomic mass is 19.1. The van der Waals surface area contributed by atoms with Gasteiger partial charge >= 0.3 is 0 Å². The number of aromatic nitrogens is 2. The molecule has 0 amide bonds. The molecule has 1 aliphatic rings. The average molecular weight is 336 g/mol. The molecule has 1 fully saturated rings. The number of nitrogens with zero attached hydrogens (tertiary/aromatic N) is 3. The van der Waals surface area contributed by atoms with E-state index in [4.69, 9.17) is 0 Å². The quantitative estimate of drug-likeness (QED) is 0.588. The Morgan fingerprint density at radius 3 is 2.72 bits per heavy atom. The summed E-state index contributed by atoms with van der Waals surface area (Å²) in [7, 11) is 0. The molecule has 3 heterocycles. The number of rotatable bonds is 3. The van der Waals surface area contributed by atoms with Gasteiger partial charge in [0.15, 0.2) is 0 Å². The molecule has 0 aliphatic carbocycles. The van der Waals surface area contributed by atoms with Gasteiger partial charge in [0, 0.05) is 37.8 Å². The number of carbonyl (C=O) groups is 1. The van der Waals surface area contributed by atoms with Crippen LogP contribution in [0.1, 0.15) is 16.1 Å². The van der Waals surface area contributed by atoms with Crippen molar-refractivity contribution in [1.82, 2.24) is 15.3 Å². The number of pyridine rings is 2. The highest BCUT2D eigenvalue weighted by molar-refractivity contribution is 6.15. The third-order valence-corrected chi connectivity index (χ3v) is 4.39. The van der Waals surface area contributed by atoms with Crippen LogP contribution in [-0.2, 0) is 0 Å². The van der Waals surface area contributed by atoms with Gasteiger partial charge in [0.2, 0.25) is 11.7 Å². The number of anilines is 1. The van der Waals surface area contributed by atoms with Crippen molar-refractivity contribution < 1.29 is 9.18 Å². The molecular weight excluding hydrogens is 319 g/mol. The van der Waals surface area contributed by atoms with Crippen molar-refractivity contribution in [3.63, 3.8) is 0 Å². The van der Waals surface area contributed by atoms with Crippen molar-refractivity contribution in [3.05, 3.63) is 65.9 Å². The van der Waals surface area contributed by atoms with Gasteiger partial charge in [-0.15, -0.1) is 0 Å². The lowest BCUT2D eigenvalue weighted by atomic mass is 10.0. The van der Waals surface area contributed by atoms with E-state index in [1.165, 1.54) is 12.3 Å². The Morgan fingerprint density at radius 2 is 1.92 bits per heavy atom. The topological polar surface area (TPSA) is 58.1 Å². The number of halogens is 1. The normalized spacial score (nSPS) is 14.7. The molecule has 2 aromatic heterocycles. The number of nitrogens with one attached hydrogen (secondary N) is 1. The summed E-state index contributed by atoms with van der Waals surface area (Å²) in [6.07, 6.45) is 1.33. The van der Waals surface area contributed by atoms with Gasteiger partial charge in [0.05, 0.1) is 5.56 Å². The lowest BCUT2D eigenvalue weighted by Crippen LogP contribution is -2.44. The van der Waals surface area contributed by atoms with Crippen LogP contribution < -0.4 is 10.2 Å². The fraction of sp³-hybridized carbons (Fsp3) is 0.211. The summed E-state index contributed by atoms with van der Waals surface area (Å²) < 4.78 is 14.0. The van der Waals surface area contributed by atoms with E-state index in [1.54, 1.807) is 6.07 Å². The first kappa shape index (κ1) is 15.7. The molecule has 3 aromatic rings. The van der Waals surface area contributed by atoms with Crippen molar-refractivity contribution >= 4 is 22.4 Å². The van der Waals surface area contributed by atoms with Gasteiger partial charge < -0.3 is 10.2 Å². The zero-order valence-electron chi connectivity index (χ0n) is 13.6. The molecule has 1 aromatic carbocycles. The van der Waals surface area contributed by atoms with Gasteiger partial charge in [-0.25, -0.2) is 9.97 Å². The largest absolute Gasteiger partial charge is 0.354 e. The number of ketones is 1. The molecule has 126 valence electrons. The van der Waals surface area contributed by atoms with E-state index >= 15 is 0 Å². The van der Waals surface area contributed by atoms with E-state index in [1.807, 2.05) is 30.3 Å². The van der Waals surface area contributed by atoms with E-state index in [0.717, 1.165) is 42.8 Å². The Hall–Kier alpha value is -2.86. The Bertz CT molecular complexity index is 938. The van der Waals surface area contributed by atoms with Crippen molar-refractivity contribution in [3.8, 4) is 0 Å². The summed E-state index contributed by atoms with van der Waals surface area (Å²) in [6.45, 7) is 3.38. The van der Waals surface area contributed by atoms with E-state index in [0.29, 0.717) is 0 Å². The molecule has 1 aliphatic heterocycles. The molecule has 0 atom stereocenters. The van der Waals surface area contributed by atoms with Gasteiger partial charge in [-0.2, -0.15) is 4.39 Å². The molecule has 1 saturated heterocycles. The SMILES string of the molecule is O=C(c1cccnc1F)c1nc(N2CCNCC2)cc2ccccc12. The summed E-state index contributed by atoms with van der Waals surface area (Å²) in [5, 5.41) is 4.93. The maximum absolute atomic E-state index is 14.0. The lowest BCUT2D eigenvalue weighted by Gasteiger charge is -2.29. The number of benzene rings is 1. The maximum Gasteiger partial charge on any atom is 0.224 e. The Labute approximate surface area is 144 Å². The van der Waals surface area contributed by atoms with Crippen LogP contribution in [0.3, 0.4) is 0 Å². The molecule has 5 nitrogen and oxygen atoms in total. The Balaban J connectivity index is 1.86. The molecule has 0 radical (unpaired) electrons.